The number of benzene rings is 2. The molecule has 0 unspecified atom stereocenters. The molecule has 5 nitrogen and oxygen atoms in total. The highest BCUT2D eigenvalue weighted by molar-refractivity contribution is 5.98. The fourth-order valence-corrected chi connectivity index (χ4v) is 2.76. The van der Waals surface area contributed by atoms with E-state index in [0.29, 0.717) is 11.5 Å². The summed E-state index contributed by atoms with van der Waals surface area (Å²) in [6.07, 6.45) is 0.759. The van der Waals surface area contributed by atoms with Gasteiger partial charge >= 0.3 is 0 Å². The van der Waals surface area contributed by atoms with Gasteiger partial charge in [0.25, 0.3) is 11.6 Å². The normalized spacial score (nSPS) is 12.0. The number of nitrogens with one attached hydrogen (secondary N) is 1. The van der Waals surface area contributed by atoms with Crippen LogP contribution in [0.1, 0.15) is 47.8 Å². The summed E-state index contributed by atoms with van der Waals surface area (Å²) in [5, 5.41) is 14.3. The highest BCUT2D eigenvalue weighted by atomic mass is 16.6. The molecule has 126 valence electrons. The lowest BCUT2D eigenvalue weighted by Gasteiger charge is -2.21. The largest absolute Gasteiger partial charge is 0.345 e. The first-order valence-electron chi connectivity index (χ1n) is 8.00. The Morgan fingerprint density at radius 2 is 1.79 bits per heavy atom. The van der Waals surface area contributed by atoms with Crippen molar-refractivity contribution in [2.75, 3.05) is 0 Å². The van der Waals surface area contributed by atoms with Gasteiger partial charge in [0, 0.05) is 5.56 Å². The molecule has 24 heavy (non-hydrogen) atoms. The van der Waals surface area contributed by atoms with Gasteiger partial charge in [0.05, 0.1) is 11.0 Å². The number of carbonyl (C=O) groups excluding carboxylic acids is 1. The molecule has 0 fully saturated rings. The van der Waals surface area contributed by atoms with E-state index in [0.717, 1.165) is 12.0 Å². The lowest BCUT2D eigenvalue weighted by Crippen LogP contribution is -2.30. The van der Waals surface area contributed by atoms with Crippen molar-refractivity contribution in [3.8, 4) is 0 Å². The molecule has 0 saturated heterocycles. The molecular weight excluding hydrogens is 304 g/mol. The number of nitro groups is 1. The second kappa shape index (κ2) is 7.73. The maximum Gasteiger partial charge on any atom is 0.285 e. The van der Waals surface area contributed by atoms with Crippen LogP contribution in [-0.2, 0) is 0 Å². The molecule has 2 rings (SSSR count). The minimum Gasteiger partial charge on any atom is -0.345 e. The van der Waals surface area contributed by atoms with E-state index in [1.165, 1.54) is 6.07 Å². The van der Waals surface area contributed by atoms with Crippen LogP contribution in [0.4, 0.5) is 5.69 Å². The van der Waals surface area contributed by atoms with Gasteiger partial charge in [-0.15, -0.1) is 0 Å². The standard InChI is InChI=1S/C19H22N2O3/c1-13(2)12-17(15-9-5-4-6-10-15)20-19(22)16-11-7-8-14(3)18(16)21(23)24/h4-11,13,17H,12H2,1-3H3,(H,20,22)/t17-/m1/s1. The van der Waals surface area contributed by atoms with Crippen LogP contribution < -0.4 is 5.32 Å². The Hall–Kier alpha value is -2.69. The molecule has 0 aliphatic carbocycles. The molecular formula is C19H22N2O3. The van der Waals surface area contributed by atoms with Crippen molar-refractivity contribution in [3.63, 3.8) is 0 Å². The molecule has 1 amide bonds. The molecule has 0 aromatic heterocycles. The van der Waals surface area contributed by atoms with Crippen molar-refractivity contribution in [3.05, 3.63) is 75.3 Å². The summed E-state index contributed by atoms with van der Waals surface area (Å²) in [5.41, 5.74) is 1.44. The predicted octanol–water partition coefficient (Wildman–Crippen LogP) is 4.42. The molecule has 2 aromatic carbocycles. The van der Waals surface area contributed by atoms with Crippen molar-refractivity contribution in [2.24, 2.45) is 5.92 Å². The average Bonchev–Trinajstić information content (AvgIpc) is 2.54. The van der Waals surface area contributed by atoms with Crippen molar-refractivity contribution in [2.45, 2.75) is 33.2 Å². The second-order valence-electron chi connectivity index (χ2n) is 6.29. The molecule has 1 atom stereocenters. The van der Waals surface area contributed by atoms with E-state index in [1.807, 2.05) is 30.3 Å². The van der Waals surface area contributed by atoms with Crippen LogP contribution in [0.3, 0.4) is 0 Å². The monoisotopic (exact) mass is 326 g/mol. The number of amides is 1. The Balaban J connectivity index is 2.32. The Bertz CT molecular complexity index is 727. The molecule has 0 radical (unpaired) electrons. The minimum absolute atomic E-state index is 0.102. The molecule has 5 heteroatoms. The SMILES string of the molecule is Cc1cccc(C(=O)N[C@H](CC(C)C)c2ccccc2)c1[N+](=O)[O-]. The van der Waals surface area contributed by atoms with Crippen molar-refractivity contribution in [1.82, 2.24) is 5.32 Å². The van der Waals surface area contributed by atoms with Gasteiger partial charge < -0.3 is 5.32 Å². The number of hydrogen-bond acceptors (Lipinski definition) is 3. The average molecular weight is 326 g/mol. The summed E-state index contributed by atoms with van der Waals surface area (Å²) in [5.74, 6) is -0.0390. The molecule has 1 N–H and O–H groups in total. The highest BCUT2D eigenvalue weighted by Gasteiger charge is 2.25. The van der Waals surface area contributed by atoms with Crippen LogP contribution in [0.15, 0.2) is 48.5 Å². The van der Waals surface area contributed by atoms with Crippen molar-refractivity contribution >= 4 is 11.6 Å². The lowest BCUT2D eigenvalue weighted by atomic mass is 9.96. The Labute approximate surface area is 141 Å². The molecule has 0 aliphatic heterocycles. The molecule has 0 bridgehead atoms. The van der Waals surface area contributed by atoms with E-state index in [-0.39, 0.29) is 17.3 Å². The number of rotatable bonds is 6. The smallest absolute Gasteiger partial charge is 0.285 e. The first-order valence-corrected chi connectivity index (χ1v) is 8.00. The first kappa shape index (κ1) is 17.7. The number of nitrogens with zero attached hydrogens (tertiary/aromatic N) is 1. The molecule has 0 aliphatic rings. The van der Waals surface area contributed by atoms with Gasteiger partial charge in [0.2, 0.25) is 0 Å². The summed E-state index contributed by atoms with van der Waals surface area (Å²) in [7, 11) is 0. The summed E-state index contributed by atoms with van der Waals surface area (Å²) in [6, 6.07) is 14.3. The quantitative estimate of drug-likeness (QED) is 0.631. The van der Waals surface area contributed by atoms with Gasteiger partial charge in [-0.3, -0.25) is 14.9 Å². The molecule has 2 aromatic rings. The van der Waals surface area contributed by atoms with E-state index in [4.69, 9.17) is 0 Å². The van der Waals surface area contributed by atoms with E-state index in [9.17, 15) is 14.9 Å². The first-order chi connectivity index (χ1) is 11.4. The summed E-state index contributed by atoms with van der Waals surface area (Å²) < 4.78 is 0. The van der Waals surface area contributed by atoms with Gasteiger partial charge in [-0.1, -0.05) is 56.3 Å². The third kappa shape index (κ3) is 4.19. The highest BCUT2D eigenvalue weighted by Crippen LogP contribution is 2.26. The van der Waals surface area contributed by atoms with Crippen LogP contribution in [0.25, 0.3) is 0 Å². The molecule has 0 saturated carbocycles. The Morgan fingerprint density at radius 3 is 2.38 bits per heavy atom. The maximum absolute atomic E-state index is 12.7. The zero-order chi connectivity index (χ0) is 17.7. The fraction of sp³-hybridized carbons (Fsp3) is 0.316. The van der Waals surface area contributed by atoms with E-state index in [1.54, 1.807) is 19.1 Å². The minimum atomic E-state index is -0.496. The van der Waals surface area contributed by atoms with Crippen LogP contribution in [0.2, 0.25) is 0 Å². The van der Waals surface area contributed by atoms with Gasteiger partial charge in [-0.25, -0.2) is 0 Å². The lowest BCUT2D eigenvalue weighted by molar-refractivity contribution is -0.385. The summed E-state index contributed by atoms with van der Waals surface area (Å²) in [4.78, 5) is 23.5. The Kier molecular flexibility index (Phi) is 5.68. The zero-order valence-corrected chi connectivity index (χ0v) is 14.2. The Morgan fingerprint density at radius 1 is 1.12 bits per heavy atom. The van der Waals surface area contributed by atoms with Gasteiger partial charge in [-0.2, -0.15) is 0 Å². The van der Waals surface area contributed by atoms with E-state index >= 15 is 0 Å². The number of para-hydroxylation sites is 1. The number of hydrogen-bond donors (Lipinski definition) is 1. The third-order valence-corrected chi connectivity index (χ3v) is 3.88. The number of carbonyl (C=O) groups is 1. The molecule has 0 spiro atoms. The van der Waals surface area contributed by atoms with Crippen LogP contribution in [-0.4, -0.2) is 10.8 Å². The second-order valence-corrected chi connectivity index (χ2v) is 6.29. The van der Waals surface area contributed by atoms with Crippen LogP contribution in [0.5, 0.6) is 0 Å². The van der Waals surface area contributed by atoms with Gasteiger partial charge in [0.1, 0.15) is 5.56 Å². The van der Waals surface area contributed by atoms with Crippen molar-refractivity contribution in [1.29, 1.82) is 0 Å². The van der Waals surface area contributed by atoms with Gasteiger partial charge in [-0.05, 0) is 30.9 Å². The van der Waals surface area contributed by atoms with E-state index in [2.05, 4.69) is 19.2 Å². The predicted molar refractivity (Wildman–Crippen MR) is 93.9 cm³/mol. The fourth-order valence-electron chi connectivity index (χ4n) is 2.76. The topological polar surface area (TPSA) is 72.2 Å². The van der Waals surface area contributed by atoms with Crippen LogP contribution in [0, 0.1) is 23.0 Å². The summed E-state index contributed by atoms with van der Waals surface area (Å²) in [6.45, 7) is 5.80. The van der Waals surface area contributed by atoms with Crippen LogP contribution >= 0.6 is 0 Å². The summed E-state index contributed by atoms with van der Waals surface area (Å²) >= 11 is 0. The number of nitro benzene ring substituents is 1. The third-order valence-electron chi connectivity index (χ3n) is 3.88. The maximum atomic E-state index is 12.7. The van der Waals surface area contributed by atoms with E-state index < -0.39 is 10.8 Å². The molecule has 0 heterocycles. The number of aryl methyl sites for hydroxylation is 1. The van der Waals surface area contributed by atoms with Crippen molar-refractivity contribution < 1.29 is 9.72 Å². The zero-order valence-electron chi connectivity index (χ0n) is 14.2. The van der Waals surface area contributed by atoms with Gasteiger partial charge in [0.15, 0.2) is 0 Å².